The van der Waals surface area contributed by atoms with Gasteiger partial charge < -0.3 is 14.2 Å². The van der Waals surface area contributed by atoms with E-state index < -0.39 is 85.4 Å². The number of benzene rings is 3. The third-order valence-electron chi connectivity index (χ3n) is 6.72. The molecule has 2 aliphatic rings. The second-order valence-electron chi connectivity index (χ2n) is 10.1. The van der Waals surface area contributed by atoms with Gasteiger partial charge in [-0.1, -0.05) is 0 Å². The Balaban J connectivity index is 0.00000378. The van der Waals surface area contributed by atoms with Gasteiger partial charge in [0, 0.05) is 36.4 Å². The first kappa shape index (κ1) is 42.6. The van der Waals surface area contributed by atoms with Gasteiger partial charge in [0.05, 0.1) is 42.3 Å². The van der Waals surface area contributed by atoms with Gasteiger partial charge >= 0.3 is 59.1 Å². The quantitative estimate of drug-likeness (QED) is 0.0475. The van der Waals surface area contributed by atoms with Crippen molar-refractivity contribution in [1.29, 1.82) is 0 Å². The van der Waals surface area contributed by atoms with Crippen molar-refractivity contribution < 1.29 is 110 Å². The molecule has 25 heteroatoms. The van der Waals surface area contributed by atoms with E-state index in [4.69, 9.17) is 0 Å². The molecular formula is C28H16N8Na2O13S2. The summed E-state index contributed by atoms with van der Waals surface area (Å²) < 4.78 is 72.4. The van der Waals surface area contributed by atoms with Crippen molar-refractivity contribution in [3.05, 3.63) is 121 Å². The number of anilines is 2. The van der Waals surface area contributed by atoms with Crippen LogP contribution < -0.4 is 70.0 Å². The Hall–Kier alpha value is -4.82. The standard InChI is InChI=1S/C28H18N8O13S2.2Na/c37-23-13-24(38)21(12-20(23)31-29-15-1-5-17(6-2-15)35(40)41)32-33-22-11-19(50(44,45)46)9-14-10-25(51(47,48)49)27(28(39)26(14)22)34-30-16-3-7-18(8-4-16)36(42)43;;/h1-13,30,33,37H,(H,44,45,46)(H,47,48,49);;/q;2*+1/p-2. The number of allylic oxidation sites excluding steroid dienone is 3. The van der Waals surface area contributed by atoms with Gasteiger partial charge in [-0.25, -0.2) is 16.8 Å². The van der Waals surface area contributed by atoms with Crippen LogP contribution in [0.5, 0.6) is 0 Å². The molecule has 0 aliphatic heterocycles. The van der Waals surface area contributed by atoms with Crippen molar-refractivity contribution in [1.82, 2.24) is 0 Å². The Labute approximate surface area is 341 Å². The predicted molar refractivity (Wildman–Crippen MR) is 173 cm³/mol. The van der Waals surface area contributed by atoms with Crippen LogP contribution in [0.4, 0.5) is 28.4 Å². The summed E-state index contributed by atoms with van der Waals surface area (Å²) in [6.07, 6.45) is 2.20. The monoisotopic (exact) mass is 782 g/mol. The van der Waals surface area contributed by atoms with Crippen LogP contribution in [0.3, 0.4) is 0 Å². The molecule has 0 unspecified atom stereocenters. The number of hydrazone groups is 2. The topological polar surface area (TPSA) is 329 Å². The van der Waals surface area contributed by atoms with Crippen LogP contribution in [0.1, 0.15) is 15.9 Å². The molecule has 0 spiro atoms. The molecule has 0 aromatic heterocycles. The van der Waals surface area contributed by atoms with E-state index in [-0.39, 0.29) is 87.6 Å². The number of Topliss-reactive ketones (excluding diaryl/α,β-unsaturated/α-hetero) is 1. The average molecular weight is 783 g/mol. The molecule has 0 saturated heterocycles. The third kappa shape index (κ3) is 9.99. The van der Waals surface area contributed by atoms with Gasteiger partial charge in [0.2, 0.25) is 11.6 Å². The number of nitrogens with one attached hydrogen (secondary N) is 2. The van der Waals surface area contributed by atoms with Crippen LogP contribution in [-0.4, -0.2) is 63.9 Å². The smallest absolute Gasteiger partial charge is 0.744 e. The summed E-state index contributed by atoms with van der Waals surface area (Å²) in [5, 5.41) is 47.2. The fraction of sp³-hybridized carbons (Fsp3) is 0. The predicted octanol–water partition coefficient (Wildman–Crippen LogP) is -2.57. The van der Waals surface area contributed by atoms with Gasteiger partial charge in [-0.3, -0.25) is 40.7 Å². The third-order valence-corrected chi connectivity index (χ3v) is 8.39. The Morgan fingerprint density at radius 2 is 1.30 bits per heavy atom. The molecule has 0 saturated carbocycles. The average Bonchev–Trinajstić information content (AvgIpc) is 3.06. The molecule has 2 aliphatic carbocycles. The first-order valence-corrected chi connectivity index (χ1v) is 16.4. The minimum Gasteiger partial charge on any atom is -0.744 e. The number of non-ortho nitro benzene ring substituents is 2. The maximum Gasteiger partial charge on any atom is 1.00 e. The van der Waals surface area contributed by atoms with E-state index in [0.717, 1.165) is 42.5 Å². The first-order chi connectivity index (χ1) is 23.9. The van der Waals surface area contributed by atoms with E-state index in [9.17, 15) is 60.9 Å². The van der Waals surface area contributed by atoms with E-state index in [1.165, 1.54) is 12.1 Å². The number of carbonyl (C=O) groups excluding carboxylic acids is 2. The summed E-state index contributed by atoms with van der Waals surface area (Å²) in [4.78, 5) is 44.6. The Kier molecular flexibility index (Phi) is 13.6. The number of ketones is 2. The number of aliphatic hydroxyl groups excluding tert-OH is 1. The number of nitrogens with zero attached hydrogens (tertiary/aromatic N) is 6. The van der Waals surface area contributed by atoms with Gasteiger partial charge in [0.15, 0.2) is 0 Å². The van der Waals surface area contributed by atoms with Crippen LogP contribution in [0.25, 0.3) is 6.08 Å². The van der Waals surface area contributed by atoms with Gasteiger partial charge in [-0.2, -0.15) is 15.3 Å². The number of carbonyl (C=O) groups is 2. The van der Waals surface area contributed by atoms with Crippen LogP contribution in [0, 0.1) is 20.2 Å². The van der Waals surface area contributed by atoms with Crippen LogP contribution >= 0.6 is 0 Å². The summed E-state index contributed by atoms with van der Waals surface area (Å²) in [5.41, 5.74) is 0.671. The summed E-state index contributed by atoms with van der Waals surface area (Å²) in [6.45, 7) is 0. The zero-order chi connectivity index (χ0) is 37.2. The van der Waals surface area contributed by atoms with Crippen molar-refractivity contribution >= 4 is 77.7 Å². The molecule has 3 aromatic carbocycles. The zero-order valence-electron chi connectivity index (χ0n) is 26.9. The van der Waals surface area contributed by atoms with E-state index in [2.05, 4.69) is 31.3 Å². The Morgan fingerprint density at radius 1 is 0.717 bits per heavy atom. The van der Waals surface area contributed by atoms with E-state index in [1.54, 1.807) is 0 Å². The van der Waals surface area contributed by atoms with Crippen molar-refractivity contribution in [3.8, 4) is 0 Å². The molecule has 0 heterocycles. The second kappa shape index (κ2) is 16.9. The maximum atomic E-state index is 13.7. The number of hydrogen-bond donors (Lipinski definition) is 3. The van der Waals surface area contributed by atoms with Crippen molar-refractivity contribution in [2.45, 2.75) is 4.90 Å². The Morgan fingerprint density at radius 3 is 1.85 bits per heavy atom. The summed E-state index contributed by atoms with van der Waals surface area (Å²) in [6, 6.07) is 10.5. The number of hydrogen-bond acceptors (Lipinski definition) is 19. The molecule has 53 heavy (non-hydrogen) atoms. The number of azo groups is 1. The summed E-state index contributed by atoms with van der Waals surface area (Å²) in [5.74, 6) is -2.89. The van der Waals surface area contributed by atoms with Gasteiger partial charge in [0.1, 0.15) is 43.1 Å². The minimum atomic E-state index is -5.49. The van der Waals surface area contributed by atoms with Crippen molar-refractivity contribution in [2.75, 3.05) is 10.9 Å². The SMILES string of the molecule is O=C1C=C(O)C(N=Nc2ccc([N+](=O)[O-])cc2)=CC1=NNc1cc(S(=O)(=O)[O-])cc2c1C(=O)C(=NNc1ccc([N+](=O)[O-])cc1)C(S(=O)(=O)[O-])=C2.[Na+].[Na+]. The van der Waals surface area contributed by atoms with Gasteiger partial charge in [-0.05, 0) is 48.0 Å². The number of nitro benzene ring substituents is 2. The van der Waals surface area contributed by atoms with E-state index in [1.807, 2.05) is 0 Å². The zero-order valence-corrected chi connectivity index (χ0v) is 32.5. The fourth-order valence-electron chi connectivity index (χ4n) is 4.34. The van der Waals surface area contributed by atoms with Crippen LogP contribution in [-0.2, 0) is 25.0 Å². The second-order valence-corrected chi connectivity index (χ2v) is 12.8. The molecule has 0 radical (unpaired) electrons. The van der Waals surface area contributed by atoms with Crippen LogP contribution in [0.2, 0.25) is 0 Å². The summed E-state index contributed by atoms with van der Waals surface area (Å²) in [7, 11) is -10.8. The number of rotatable bonds is 10. The molecule has 21 nitrogen and oxygen atoms in total. The van der Waals surface area contributed by atoms with Gasteiger partial charge in [0.25, 0.3) is 11.4 Å². The van der Waals surface area contributed by atoms with Crippen molar-refractivity contribution in [3.63, 3.8) is 0 Å². The van der Waals surface area contributed by atoms with E-state index >= 15 is 0 Å². The van der Waals surface area contributed by atoms with Crippen molar-refractivity contribution in [2.24, 2.45) is 20.4 Å². The number of nitro groups is 2. The van der Waals surface area contributed by atoms with Crippen LogP contribution in [0.15, 0.2) is 115 Å². The molecule has 3 aromatic rings. The molecule has 0 fully saturated rings. The van der Waals surface area contributed by atoms with Gasteiger partial charge in [-0.15, -0.1) is 5.11 Å². The number of fused-ring (bicyclic) bond motifs is 1. The Bertz CT molecular complexity index is 2460. The molecule has 3 N–H and O–H groups in total. The molecule has 0 amide bonds. The maximum absolute atomic E-state index is 13.7. The minimum absolute atomic E-state index is 0. The molecular weight excluding hydrogens is 766 g/mol. The first-order valence-electron chi connectivity index (χ1n) is 13.5. The number of aliphatic hydroxyl groups is 1. The largest absolute Gasteiger partial charge is 1.00 e. The molecule has 260 valence electrons. The fourth-order valence-corrected chi connectivity index (χ4v) is 5.52. The molecule has 0 atom stereocenters. The van der Waals surface area contributed by atoms with E-state index in [0.29, 0.717) is 24.3 Å². The summed E-state index contributed by atoms with van der Waals surface area (Å²) >= 11 is 0. The molecule has 0 bridgehead atoms. The normalized spacial score (nSPS) is 15.8. The molecule has 5 rings (SSSR count).